The van der Waals surface area contributed by atoms with E-state index in [0.29, 0.717) is 27.3 Å². The maximum atomic E-state index is 12.1. The molecule has 0 unspecified atom stereocenters. The molecule has 134 valence electrons. The molecule has 3 heterocycles. The van der Waals surface area contributed by atoms with E-state index in [1.807, 2.05) is 13.0 Å². The van der Waals surface area contributed by atoms with E-state index in [1.54, 1.807) is 6.07 Å². The Morgan fingerprint density at radius 2 is 2.00 bits per heavy atom. The van der Waals surface area contributed by atoms with Crippen LogP contribution in [0.5, 0.6) is 0 Å². The number of carbonyl (C=O) groups excluding carboxylic acids is 1. The Hall–Kier alpha value is -1.57. The number of aromatic nitrogens is 2. The van der Waals surface area contributed by atoms with Crippen LogP contribution in [0.4, 0.5) is 11.6 Å². The number of rotatable bonds is 6. The van der Waals surface area contributed by atoms with Crippen LogP contribution in [-0.4, -0.2) is 42.1 Å². The fourth-order valence-electron chi connectivity index (χ4n) is 2.71. The van der Waals surface area contributed by atoms with Gasteiger partial charge in [-0.25, -0.2) is 9.97 Å². The summed E-state index contributed by atoms with van der Waals surface area (Å²) in [6, 6.07) is 3.53. The van der Waals surface area contributed by atoms with Gasteiger partial charge in [0.1, 0.15) is 21.8 Å². The van der Waals surface area contributed by atoms with Crippen LogP contribution in [0.1, 0.15) is 29.0 Å². The van der Waals surface area contributed by atoms with E-state index in [-0.39, 0.29) is 5.91 Å². The van der Waals surface area contributed by atoms with Crippen LogP contribution in [-0.2, 0) is 0 Å². The second-order valence-electron chi connectivity index (χ2n) is 5.77. The molecule has 0 aromatic carbocycles. The molecule has 9 heteroatoms. The highest BCUT2D eigenvalue weighted by atomic mass is 35.5. The maximum absolute atomic E-state index is 12.1. The summed E-state index contributed by atoms with van der Waals surface area (Å²) in [6.45, 7) is 4.96. The monoisotopic (exact) mass is 399 g/mol. The number of aryl methyl sites for hydroxylation is 1. The summed E-state index contributed by atoms with van der Waals surface area (Å²) in [5, 5.41) is 6.04. The van der Waals surface area contributed by atoms with Gasteiger partial charge in [0, 0.05) is 32.2 Å². The molecule has 1 amide bonds. The van der Waals surface area contributed by atoms with Crippen molar-refractivity contribution in [3.05, 3.63) is 32.2 Å². The van der Waals surface area contributed by atoms with Crippen LogP contribution in [0, 0.1) is 6.92 Å². The summed E-state index contributed by atoms with van der Waals surface area (Å²) < 4.78 is 0.899. The van der Waals surface area contributed by atoms with Gasteiger partial charge in [0.25, 0.3) is 5.91 Å². The quantitative estimate of drug-likeness (QED) is 0.726. The lowest BCUT2D eigenvalue weighted by Crippen LogP contribution is -2.29. The van der Waals surface area contributed by atoms with Crippen molar-refractivity contribution in [1.82, 2.24) is 15.3 Å². The van der Waals surface area contributed by atoms with Gasteiger partial charge in [-0.15, -0.1) is 11.3 Å². The highest BCUT2D eigenvalue weighted by Gasteiger charge is 2.15. The molecule has 2 aromatic rings. The van der Waals surface area contributed by atoms with Crippen molar-refractivity contribution in [3.8, 4) is 0 Å². The molecule has 1 saturated heterocycles. The molecule has 1 fully saturated rings. The number of carbonyl (C=O) groups is 1. The molecule has 0 bridgehead atoms. The molecule has 2 aromatic heterocycles. The molecule has 0 spiro atoms. The van der Waals surface area contributed by atoms with Crippen LogP contribution in [0.2, 0.25) is 8.67 Å². The second-order valence-corrected chi connectivity index (χ2v) is 8.06. The number of thiophene rings is 1. The fourth-order valence-corrected chi connectivity index (χ4v) is 4.17. The highest BCUT2D eigenvalue weighted by molar-refractivity contribution is 7.20. The molecule has 0 radical (unpaired) electrons. The minimum absolute atomic E-state index is 0.230. The minimum Gasteiger partial charge on any atom is -0.368 e. The largest absolute Gasteiger partial charge is 0.368 e. The van der Waals surface area contributed by atoms with Gasteiger partial charge in [-0.05, 0) is 25.8 Å². The summed E-state index contributed by atoms with van der Waals surface area (Å²) in [6.07, 6.45) is 2.40. The van der Waals surface area contributed by atoms with Gasteiger partial charge in [-0.3, -0.25) is 4.79 Å². The average molecular weight is 400 g/mol. The zero-order chi connectivity index (χ0) is 17.8. The van der Waals surface area contributed by atoms with Gasteiger partial charge in [-0.1, -0.05) is 23.2 Å². The third kappa shape index (κ3) is 4.74. The molecule has 25 heavy (non-hydrogen) atoms. The third-order valence-electron chi connectivity index (χ3n) is 3.87. The predicted octanol–water partition coefficient (Wildman–Crippen LogP) is 3.60. The van der Waals surface area contributed by atoms with Gasteiger partial charge in [0.15, 0.2) is 0 Å². The summed E-state index contributed by atoms with van der Waals surface area (Å²) in [5.41, 5.74) is 0.408. The highest BCUT2D eigenvalue weighted by Crippen LogP contribution is 2.30. The Labute approximate surface area is 160 Å². The fraction of sp³-hybridized carbons (Fsp3) is 0.438. The summed E-state index contributed by atoms with van der Waals surface area (Å²) in [5.74, 6) is 2.22. The number of anilines is 2. The number of halogens is 2. The molecule has 6 nitrogen and oxygen atoms in total. The number of amides is 1. The number of hydrogen-bond donors (Lipinski definition) is 2. The molecule has 1 aliphatic rings. The van der Waals surface area contributed by atoms with Crippen LogP contribution >= 0.6 is 34.5 Å². The Bertz CT molecular complexity index is 761. The topological polar surface area (TPSA) is 70.2 Å². The third-order valence-corrected chi connectivity index (χ3v) is 5.36. The first-order valence-corrected chi connectivity index (χ1v) is 9.68. The number of hydrogen-bond acceptors (Lipinski definition) is 6. The number of nitrogens with zero attached hydrogens (tertiary/aromatic N) is 3. The SMILES string of the molecule is Cc1nc(NCCNC(=O)c2cc(Cl)sc2Cl)cc(N2CCCC2)n1. The van der Waals surface area contributed by atoms with E-state index in [1.165, 1.54) is 24.2 Å². The van der Waals surface area contributed by atoms with E-state index in [2.05, 4.69) is 25.5 Å². The van der Waals surface area contributed by atoms with Crippen molar-refractivity contribution in [1.29, 1.82) is 0 Å². The first kappa shape index (κ1) is 18.2. The Balaban J connectivity index is 1.52. The van der Waals surface area contributed by atoms with Crippen molar-refractivity contribution < 1.29 is 4.79 Å². The van der Waals surface area contributed by atoms with Crippen molar-refractivity contribution in [3.63, 3.8) is 0 Å². The van der Waals surface area contributed by atoms with Crippen molar-refractivity contribution >= 4 is 52.1 Å². The summed E-state index contributed by atoms with van der Waals surface area (Å²) >= 11 is 13.0. The van der Waals surface area contributed by atoms with E-state index in [0.717, 1.165) is 30.5 Å². The van der Waals surface area contributed by atoms with E-state index >= 15 is 0 Å². The zero-order valence-corrected chi connectivity index (χ0v) is 16.1. The predicted molar refractivity (Wildman–Crippen MR) is 103 cm³/mol. The van der Waals surface area contributed by atoms with Crippen molar-refractivity contribution in [2.75, 3.05) is 36.4 Å². The van der Waals surface area contributed by atoms with Gasteiger partial charge in [0.05, 0.1) is 9.90 Å². The minimum atomic E-state index is -0.230. The lowest BCUT2D eigenvalue weighted by atomic mass is 10.3. The second kappa shape index (κ2) is 8.21. The molecule has 0 atom stereocenters. The van der Waals surface area contributed by atoms with Crippen LogP contribution in [0.25, 0.3) is 0 Å². The Morgan fingerprint density at radius 3 is 2.68 bits per heavy atom. The average Bonchev–Trinajstić information content (AvgIpc) is 3.20. The lowest BCUT2D eigenvalue weighted by molar-refractivity contribution is 0.0956. The molecular formula is C16H19Cl2N5OS. The summed E-state index contributed by atoms with van der Waals surface area (Å²) in [7, 11) is 0. The van der Waals surface area contributed by atoms with Gasteiger partial charge >= 0.3 is 0 Å². The first-order valence-electron chi connectivity index (χ1n) is 8.10. The van der Waals surface area contributed by atoms with Gasteiger partial charge in [-0.2, -0.15) is 0 Å². The lowest BCUT2D eigenvalue weighted by Gasteiger charge is -2.17. The van der Waals surface area contributed by atoms with Crippen LogP contribution < -0.4 is 15.5 Å². The van der Waals surface area contributed by atoms with Crippen molar-refractivity contribution in [2.45, 2.75) is 19.8 Å². The number of nitrogens with one attached hydrogen (secondary N) is 2. The molecule has 0 saturated carbocycles. The van der Waals surface area contributed by atoms with Crippen LogP contribution in [0.3, 0.4) is 0 Å². The molecule has 0 aliphatic carbocycles. The van der Waals surface area contributed by atoms with Crippen LogP contribution in [0.15, 0.2) is 12.1 Å². The summed E-state index contributed by atoms with van der Waals surface area (Å²) in [4.78, 5) is 23.2. The molecule has 2 N–H and O–H groups in total. The Morgan fingerprint density at radius 1 is 1.24 bits per heavy atom. The molecular weight excluding hydrogens is 381 g/mol. The first-order chi connectivity index (χ1) is 12.0. The standard InChI is InChI=1S/C16H19Cl2N5OS/c1-10-21-13(9-14(22-10)23-6-2-3-7-23)19-4-5-20-16(24)11-8-12(17)25-15(11)18/h8-9H,2-7H2,1H3,(H,20,24)(H,19,21,22). The van der Waals surface area contributed by atoms with Gasteiger partial charge in [0.2, 0.25) is 0 Å². The molecule has 3 rings (SSSR count). The zero-order valence-electron chi connectivity index (χ0n) is 13.8. The van der Waals surface area contributed by atoms with E-state index in [9.17, 15) is 4.79 Å². The normalized spacial score (nSPS) is 14.0. The van der Waals surface area contributed by atoms with Crippen molar-refractivity contribution in [2.24, 2.45) is 0 Å². The Kier molecular flexibility index (Phi) is 5.98. The van der Waals surface area contributed by atoms with Gasteiger partial charge < -0.3 is 15.5 Å². The smallest absolute Gasteiger partial charge is 0.253 e. The van der Waals surface area contributed by atoms with E-state index < -0.39 is 0 Å². The maximum Gasteiger partial charge on any atom is 0.253 e. The molecule has 1 aliphatic heterocycles. The van der Waals surface area contributed by atoms with E-state index in [4.69, 9.17) is 23.2 Å².